The Labute approximate surface area is 383 Å². The van der Waals surface area contributed by atoms with Gasteiger partial charge in [-0.2, -0.15) is 0 Å². The minimum Gasteiger partial charge on any atom is -0.441 e. The van der Waals surface area contributed by atoms with Crippen LogP contribution in [0.15, 0.2) is 132 Å². The second kappa shape index (κ2) is 18.5. The van der Waals surface area contributed by atoms with E-state index in [1.165, 1.54) is 0 Å². The van der Waals surface area contributed by atoms with Crippen molar-refractivity contribution in [2.24, 2.45) is 0 Å². The van der Waals surface area contributed by atoms with E-state index in [2.05, 4.69) is 54.2 Å². The van der Waals surface area contributed by atoms with Gasteiger partial charge < -0.3 is 19.4 Å². The summed E-state index contributed by atoms with van der Waals surface area (Å²) in [4.78, 5) is 77.9. The number of cyclic esters (lactones) is 2. The van der Waals surface area contributed by atoms with Gasteiger partial charge in [-0.1, -0.05) is 60.7 Å². The molecule has 2 N–H and O–H groups in total. The van der Waals surface area contributed by atoms with Gasteiger partial charge in [0.15, 0.2) is 11.6 Å². The first-order chi connectivity index (χ1) is 31.9. The molecule has 2 aliphatic heterocycles. The Hall–Kier alpha value is -6.96. The number of carbonyl (C=O) groups excluding carboxylic acids is 2. The monoisotopic (exact) mass is 888 g/mol. The quantitative estimate of drug-likeness (QED) is 0.150. The molecule has 4 aromatic heterocycles. The van der Waals surface area contributed by atoms with Gasteiger partial charge in [0, 0.05) is 71.5 Å². The second-order valence-electron chi connectivity index (χ2n) is 18.9. The number of amides is 2. The number of rotatable bonds is 8. The number of pyridine rings is 2. The number of benzene rings is 2. The summed E-state index contributed by atoms with van der Waals surface area (Å²) in [7, 11) is 0. The van der Waals surface area contributed by atoms with Crippen LogP contribution in [0.25, 0.3) is 22.8 Å². The summed E-state index contributed by atoms with van der Waals surface area (Å²) >= 11 is 0. The maximum atomic E-state index is 12.9. The predicted octanol–water partition coefficient (Wildman–Crippen LogP) is 9.66. The van der Waals surface area contributed by atoms with Crippen molar-refractivity contribution in [3.63, 3.8) is 0 Å². The number of H-pyrrole nitrogens is 2. The van der Waals surface area contributed by atoms with Crippen molar-refractivity contribution in [1.29, 1.82) is 0 Å². The van der Waals surface area contributed by atoms with Crippen molar-refractivity contribution in [3.8, 4) is 22.8 Å². The van der Waals surface area contributed by atoms with Crippen molar-refractivity contribution < 1.29 is 19.1 Å². The first kappa shape index (κ1) is 44.3. The van der Waals surface area contributed by atoms with E-state index in [1.807, 2.05) is 86.0 Å². The van der Waals surface area contributed by atoms with Crippen LogP contribution in [0.2, 0.25) is 0 Å². The van der Waals surface area contributed by atoms with E-state index in [-0.39, 0.29) is 59.3 Å². The molecule has 0 bridgehead atoms. The number of carbonyl (C=O) groups is 2. The van der Waals surface area contributed by atoms with Crippen LogP contribution in [-0.2, 0) is 9.47 Å². The molecule has 2 amide bonds. The normalized spacial score (nSPS) is 24.5. The standard InChI is InChI=1S/2C26H28N4O3/c2*1-26(2)22(18-7-4-3-5-8-18)30(25(32)33-26)20-11-9-17(10-12-20)21-15-19(16-29-24(21)31)23-27-13-6-14-28-23/h2*3-8,13-17,20,22H,9-12H2,1-2H3,(H,29,31)/t2*17?,20?,22-/m10/s1. The van der Waals surface area contributed by atoms with E-state index in [1.54, 1.807) is 49.3 Å². The molecular weight excluding hydrogens is 833 g/mol. The summed E-state index contributed by atoms with van der Waals surface area (Å²) in [5.41, 5.74) is 3.98. The molecular formula is C52H56N8O6. The van der Waals surface area contributed by atoms with E-state index in [0.717, 1.165) is 84.7 Å². The third-order valence-corrected chi connectivity index (χ3v) is 13.8. The van der Waals surface area contributed by atoms with E-state index in [0.29, 0.717) is 11.6 Å². The van der Waals surface area contributed by atoms with Crippen LogP contribution in [0, 0.1) is 0 Å². The van der Waals surface area contributed by atoms with Gasteiger partial charge in [0.1, 0.15) is 11.2 Å². The summed E-state index contributed by atoms with van der Waals surface area (Å²) in [5, 5.41) is 0. The van der Waals surface area contributed by atoms with Crippen molar-refractivity contribution in [1.82, 2.24) is 39.7 Å². The highest BCUT2D eigenvalue weighted by Crippen LogP contribution is 2.47. The van der Waals surface area contributed by atoms with Gasteiger partial charge in [-0.3, -0.25) is 19.4 Å². The fraction of sp³-hybridized carbons (Fsp3) is 0.385. The lowest BCUT2D eigenvalue weighted by Crippen LogP contribution is -2.42. The van der Waals surface area contributed by atoms with Crippen LogP contribution < -0.4 is 11.1 Å². The Kier molecular flexibility index (Phi) is 12.4. The van der Waals surface area contributed by atoms with Crippen LogP contribution in [0.5, 0.6) is 0 Å². The summed E-state index contributed by atoms with van der Waals surface area (Å²) in [6.07, 6.45) is 16.2. The zero-order valence-corrected chi connectivity index (χ0v) is 37.8. The molecule has 2 aliphatic carbocycles. The Bertz CT molecular complexity index is 2560. The van der Waals surface area contributed by atoms with E-state index in [4.69, 9.17) is 9.47 Å². The molecule has 10 rings (SSSR count). The average molecular weight is 889 g/mol. The molecule has 6 heterocycles. The van der Waals surface area contributed by atoms with Crippen molar-refractivity contribution >= 4 is 12.2 Å². The van der Waals surface area contributed by atoms with Gasteiger partial charge in [0.2, 0.25) is 0 Å². The van der Waals surface area contributed by atoms with Gasteiger partial charge >= 0.3 is 12.2 Å². The SMILES string of the molecule is CC1(C)OC(=O)N(C2CCC(c3cc(-c4ncccn4)c[nH]c3=O)CC2)[C@@H]1c1ccccc1.CC1(C)OC(=O)N(C2CCC(c3cc(-c4ncccn4)c[nH]c3=O)CC2)[C@H]1c1ccccc1. The van der Waals surface area contributed by atoms with E-state index in [9.17, 15) is 19.2 Å². The molecule has 2 atom stereocenters. The molecule has 66 heavy (non-hydrogen) atoms. The van der Waals surface area contributed by atoms with Crippen LogP contribution in [0.4, 0.5) is 9.59 Å². The molecule has 4 aliphatic rings. The summed E-state index contributed by atoms with van der Waals surface area (Å²) in [6.45, 7) is 7.91. The highest BCUT2D eigenvalue weighted by Gasteiger charge is 2.52. The number of aromatic nitrogens is 6. The van der Waals surface area contributed by atoms with Gasteiger partial charge in [-0.05, 0) is 126 Å². The highest BCUT2D eigenvalue weighted by molar-refractivity contribution is 5.73. The fourth-order valence-corrected chi connectivity index (χ4v) is 10.8. The molecule has 4 fully saturated rings. The minimum atomic E-state index is -0.601. The molecule has 6 aromatic rings. The summed E-state index contributed by atoms with van der Waals surface area (Å²) in [5.74, 6) is 1.46. The van der Waals surface area contributed by atoms with Crippen LogP contribution in [-0.4, -0.2) is 75.2 Å². The molecule has 0 spiro atoms. The number of hydrogen-bond acceptors (Lipinski definition) is 10. The molecule has 2 aromatic carbocycles. The lowest BCUT2D eigenvalue weighted by molar-refractivity contribution is 0.0656. The smallest absolute Gasteiger partial charge is 0.411 e. The zero-order valence-electron chi connectivity index (χ0n) is 37.8. The lowest BCUT2D eigenvalue weighted by atomic mass is 9.80. The maximum Gasteiger partial charge on any atom is 0.411 e. The number of nitrogens with one attached hydrogen (secondary N) is 2. The van der Waals surface area contributed by atoms with Crippen LogP contribution in [0.1, 0.15) is 125 Å². The molecule has 14 heteroatoms. The number of ether oxygens (including phenoxy) is 2. The summed E-state index contributed by atoms with van der Waals surface area (Å²) < 4.78 is 11.6. The topological polar surface area (TPSA) is 176 Å². The Morgan fingerprint density at radius 3 is 1.20 bits per heavy atom. The van der Waals surface area contributed by atoms with Crippen molar-refractivity contribution in [3.05, 3.63) is 165 Å². The molecule has 2 saturated carbocycles. The molecule has 340 valence electrons. The van der Waals surface area contributed by atoms with Gasteiger partial charge in [0.05, 0.1) is 12.1 Å². The number of hydrogen-bond donors (Lipinski definition) is 2. The second-order valence-corrected chi connectivity index (χ2v) is 18.9. The third-order valence-electron chi connectivity index (χ3n) is 13.8. The Morgan fingerprint density at radius 1 is 0.500 bits per heavy atom. The minimum absolute atomic E-state index is 0.0676. The molecule has 0 unspecified atom stereocenters. The third kappa shape index (κ3) is 9.01. The largest absolute Gasteiger partial charge is 0.441 e. The maximum absolute atomic E-state index is 12.9. The van der Waals surface area contributed by atoms with Gasteiger partial charge in [0.25, 0.3) is 11.1 Å². The molecule has 2 saturated heterocycles. The summed E-state index contributed by atoms with van der Waals surface area (Å²) in [6, 6.07) is 27.5. The van der Waals surface area contributed by atoms with Crippen LogP contribution in [0.3, 0.4) is 0 Å². The van der Waals surface area contributed by atoms with Crippen molar-refractivity contribution in [2.45, 2.75) is 126 Å². The molecule has 14 nitrogen and oxygen atoms in total. The fourth-order valence-electron chi connectivity index (χ4n) is 10.8. The number of nitrogens with zero attached hydrogens (tertiary/aromatic N) is 6. The van der Waals surface area contributed by atoms with Gasteiger partial charge in [-0.25, -0.2) is 29.5 Å². The van der Waals surface area contributed by atoms with Gasteiger partial charge in [-0.15, -0.1) is 0 Å². The van der Waals surface area contributed by atoms with E-state index >= 15 is 0 Å². The highest BCUT2D eigenvalue weighted by atomic mass is 16.6. The first-order valence-electron chi connectivity index (χ1n) is 23.0. The Morgan fingerprint density at radius 2 is 0.848 bits per heavy atom. The Balaban J connectivity index is 0.000000166. The number of aromatic amines is 2. The average Bonchev–Trinajstić information content (AvgIpc) is 3.74. The van der Waals surface area contributed by atoms with E-state index < -0.39 is 11.2 Å². The van der Waals surface area contributed by atoms with Crippen molar-refractivity contribution in [2.75, 3.05) is 0 Å². The zero-order chi connectivity index (χ0) is 46.0. The molecule has 0 radical (unpaired) electrons. The first-order valence-corrected chi connectivity index (χ1v) is 23.0. The predicted molar refractivity (Wildman–Crippen MR) is 249 cm³/mol. The lowest BCUT2D eigenvalue weighted by Gasteiger charge is -2.38. The van der Waals surface area contributed by atoms with Crippen LogP contribution >= 0.6 is 0 Å².